The van der Waals surface area contributed by atoms with Crippen molar-refractivity contribution in [2.45, 2.75) is 71.8 Å². The molecule has 186 valence electrons. The Kier molecular flexibility index (Phi) is 10.8. The van der Waals surface area contributed by atoms with Gasteiger partial charge in [-0.05, 0) is 67.5 Å². The second-order valence-electron chi connectivity index (χ2n) is 9.70. The van der Waals surface area contributed by atoms with Crippen molar-refractivity contribution in [2.75, 3.05) is 6.54 Å². The number of primary amides is 1. The van der Waals surface area contributed by atoms with Crippen molar-refractivity contribution in [3.8, 4) is 0 Å². The summed E-state index contributed by atoms with van der Waals surface area (Å²) in [6, 6.07) is 6.96. The number of nitrogens with one attached hydrogen (secondary N) is 3. The molecule has 0 unspecified atom stereocenters. The van der Waals surface area contributed by atoms with E-state index in [4.69, 9.17) is 15.2 Å². The fourth-order valence-corrected chi connectivity index (χ4v) is 3.17. The van der Waals surface area contributed by atoms with Crippen LogP contribution in [0.4, 0.5) is 9.59 Å². The van der Waals surface area contributed by atoms with E-state index in [9.17, 15) is 19.5 Å². The summed E-state index contributed by atoms with van der Waals surface area (Å²) in [5, 5.41) is 13.4. The molecule has 0 radical (unpaired) electrons. The molecule has 0 aliphatic rings. The largest absolute Gasteiger partial charge is 0.444 e. The first kappa shape index (κ1) is 28.9. The van der Waals surface area contributed by atoms with Crippen molar-refractivity contribution >= 4 is 40.7 Å². The van der Waals surface area contributed by atoms with E-state index in [-0.39, 0.29) is 6.54 Å². The Hall–Kier alpha value is -2.12. The third-order valence-corrected chi connectivity index (χ3v) is 5.04. The van der Waals surface area contributed by atoms with Gasteiger partial charge in [0, 0.05) is 15.5 Å². The van der Waals surface area contributed by atoms with Gasteiger partial charge in [0.1, 0.15) is 5.60 Å². The number of ether oxygens (including phenoxy) is 2. The molecule has 10 nitrogen and oxygen atoms in total. The van der Waals surface area contributed by atoms with E-state index in [1.807, 2.05) is 24.3 Å². The molecule has 0 fully saturated rings. The predicted molar refractivity (Wildman–Crippen MR) is 132 cm³/mol. The number of hydrogen-bond acceptors (Lipinski definition) is 7. The van der Waals surface area contributed by atoms with Crippen LogP contribution < -0.4 is 21.9 Å². The van der Waals surface area contributed by atoms with Gasteiger partial charge in [-0.1, -0.05) is 32.9 Å². The lowest BCUT2D eigenvalue weighted by molar-refractivity contribution is -0.135. The number of nitrogens with two attached hydrogens (primary N) is 1. The molecule has 0 aliphatic heterocycles. The van der Waals surface area contributed by atoms with Crippen LogP contribution in [-0.2, 0) is 20.7 Å². The number of hydrogen-bond donors (Lipinski definition) is 5. The second kappa shape index (κ2) is 12.4. The highest BCUT2D eigenvalue weighted by Crippen LogP contribution is 2.22. The van der Waals surface area contributed by atoms with Gasteiger partial charge in [-0.25, -0.2) is 15.0 Å². The number of rotatable bonds is 9. The molecule has 0 bridgehead atoms. The summed E-state index contributed by atoms with van der Waals surface area (Å²) in [4.78, 5) is 35.9. The quantitative estimate of drug-likeness (QED) is 0.223. The van der Waals surface area contributed by atoms with Crippen molar-refractivity contribution in [3.05, 3.63) is 33.4 Å². The zero-order chi connectivity index (χ0) is 25.4. The van der Waals surface area contributed by atoms with Crippen molar-refractivity contribution in [2.24, 2.45) is 11.1 Å². The number of alkyl carbamates (subject to hydrolysis) is 1. The summed E-state index contributed by atoms with van der Waals surface area (Å²) in [5.41, 5.74) is 9.62. The van der Waals surface area contributed by atoms with Crippen molar-refractivity contribution in [3.63, 3.8) is 0 Å². The van der Waals surface area contributed by atoms with Gasteiger partial charge < -0.3 is 25.6 Å². The highest BCUT2D eigenvalue weighted by atomic mass is 127. The Labute approximate surface area is 208 Å². The topological polar surface area (TPSA) is 152 Å². The van der Waals surface area contributed by atoms with Crippen LogP contribution >= 0.6 is 22.6 Å². The van der Waals surface area contributed by atoms with E-state index < -0.39 is 47.4 Å². The molecule has 0 aliphatic carbocycles. The number of carbonyl (C=O) groups excluding carboxylic acids is 3. The number of amides is 3. The molecular formula is C22H35IN4O6. The summed E-state index contributed by atoms with van der Waals surface area (Å²) < 4.78 is 11.3. The standard InChI is InChI=1S/C22H35IN4O6/c1-21(2,3)17(32-19(24)30)18(29)27-25-12-16(28)15(26-20(31)33-22(4,5)6)11-13-7-9-14(23)10-8-13/h7-10,15-17,25,28H,11-12H2,1-6H3,(H2,24,30)(H,26,31)(H,27,29)/t15-,16-,17+/m0/s1. The van der Waals surface area contributed by atoms with E-state index >= 15 is 0 Å². The molecular weight excluding hydrogens is 543 g/mol. The third-order valence-electron chi connectivity index (χ3n) is 4.32. The van der Waals surface area contributed by atoms with Crippen molar-refractivity contribution < 1.29 is 29.0 Å². The fourth-order valence-electron chi connectivity index (χ4n) is 2.81. The number of benzene rings is 1. The molecule has 1 rings (SSSR count). The molecule has 0 spiro atoms. The van der Waals surface area contributed by atoms with Gasteiger partial charge in [-0.2, -0.15) is 0 Å². The molecule has 0 heterocycles. The number of hydrazine groups is 1. The van der Waals surface area contributed by atoms with Gasteiger partial charge in [0.25, 0.3) is 5.91 Å². The molecule has 1 aromatic carbocycles. The zero-order valence-corrected chi connectivity index (χ0v) is 22.1. The molecule has 0 aromatic heterocycles. The molecule has 0 saturated heterocycles. The maximum Gasteiger partial charge on any atom is 0.407 e. The van der Waals surface area contributed by atoms with Gasteiger partial charge in [-0.15, -0.1) is 0 Å². The average molecular weight is 578 g/mol. The Balaban J connectivity index is 2.82. The lowest BCUT2D eigenvalue weighted by Gasteiger charge is -2.29. The first-order valence-electron chi connectivity index (χ1n) is 10.5. The molecule has 0 saturated carbocycles. The SMILES string of the molecule is CC(C)(C)OC(=O)N[C@@H](Cc1ccc(I)cc1)[C@@H](O)CNNC(=O)[C@@H](OC(N)=O)C(C)(C)C. The minimum atomic E-state index is -1.14. The summed E-state index contributed by atoms with van der Waals surface area (Å²) >= 11 is 2.19. The maximum atomic E-state index is 12.5. The molecule has 3 amide bonds. The second-order valence-corrected chi connectivity index (χ2v) is 10.9. The molecule has 3 atom stereocenters. The van der Waals surface area contributed by atoms with Crippen LogP contribution in [0.2, 0.25) is 0 Å². The highest BCUT2D eigenvalue weighted by Gasteiger charge is 2.35. The predicted octanol–water partition coefficient (Wildman–Crippen LogP) is 2.22. The van der Waals surface area contributed by atoms with Crippen LogP contribution in [0.1, 0.15) is 47.1 Å². The normalized spacial score (nSPS) is 14.5. The molecule has 6 N–H and O–H groups in total. The summed E-state index contributed by atoms with van der Waals surface area (Å²) in [6.07, 6.45) is -3.61. The van der Waals surface area contributed by atoms with Crippen LogP contribution in [-0.4, -0.2) is 53.6 Å². The molecule has 1 aromatic rings. The van der Waals surface area contributed by atoms with Crippen LogP contribution in [0.25, 0.3) is 0 Å². The van der Waals surface area contributed by atoms with E-state index in [0.29, 0.717) is 6.42 Å². The zero-order valence-electron chi connectivity index (χ0n) is 19.9. The first-order valence-corrected chi connectivity index (χ1v) is 11.6. The molecule has 11 heteroatoms. The van der Waals surface area contributed by atoms with Crippen LogP contribution in [0.5, 0.6) is 0 Å². The van der Waals surface area contributed by atoms with Crippen LogP contribution in [0, 0.1) is 8.99 Å². The van der Waals surface area contributed by atoms with Crippen molar-refractivity contribution in [1.82, 2.24) is 16.2 Å². The first-order chi connectivity index (χ1) is 15.1. The monoisotopic (exact) mass is 578 g/mol. The van der Waals surface area contributed by atoms with E-state index in [2.05, 4.69) is 38.8 Å². The highest BCUT2D eigenvalue weighted by molar-refractivity contribution is 14.1. The summed E-state index contributed by atoms with van der Waals surface area (Å²) in [7, 11) is 0. The fraction of sp³-hybridized carbons (Fsp3) is 0.591. The summed E-state index contributed by atoms with van der Waals surface area (Å²) in [5.74, 6) is -0.622. The van der Waals surface area contributed by atoms with Gasteiger partial charge in [-0.3, -0.25) is 10.2 Å². The number of carbonyl (C=O) groups is 3. The number of halogens is 1. The minimum absolute atomic E-state index is 0.0932. The van der Waals surface area contributed by atoms with Gasteiger partial charge in [0.2, 0.25) is 0 Å². The van der Waals surface area contributed by atoms with Crippen LogP contribution in [0.3, 0.4) is 0 Å². The van der Waals surface area contributed by atoms with Crippen molar-refractivity contribution in [1.29, 1.82) is 0 Å². The Morgan fingerprint density at radius 3 is 2.15 bits per heavy atom. The minimum Gasteiger partial charge on any atom is -0.444 e. The Morgan fingerprint density at radius 2 is 1.67 bits per heavy atom. The number of aliphatic hydroxyl groups is 1. The Morgan fingerprint density at radius 1 is 1.09 bits per heavy atom. The van der Waals surface area contributed by atoms with Gasteiger partial charge in [0.05, 0.1) is 12.1 Å². The summed E-state index contributed by atoms with van der Waals surface area (Å²) in [6.45, 7) is 10.3. The average Bonchev–Trinajstić information content (AvgIpc) is 2.64. The molecule has 33 heavy (non-hydrogen) atoms. The van der Waals surface area contributed by atoms with Crippen LogP contribution in [0.15, 0.2) is 24.3 Å². The van der Waals surface area contributed by atoms with Gasteiger partial charge >= 0.3 is 12.2 Å². The third kappa shape index (κ3) is 11.5. The lowest BCUT2D eigenvalue weighted by Crippen LogP contribution is -2.55. The number of aliphatic hydroxyl groups excluding tert-OH is 1. The van der Waals surface area contributed by atoms with Gasteiger partial charge in [0.15, 0.2) is 6.10 Å². The van der Waals surface area contributed by atoms with E-state index in [0.717, 1.165) is 9.13 Å². The Bertz CT molecular complexity index is 805. The van der Waals surface area contributed by atoms with E-state index in [1.54, 1.807) is 41.5 Å². The lowest BCUT2D eigenvalue weighted by atomic mass is 9.88. The maximum absolute atomic E-state index is 12.5. The van der Waals surface area contributed by atoms with E-state index in [1.165, 1.54) is 0 Å². The smallest absolute Gasteiger partial charge is 0.407 e.